The fourth-order valence-corrected chi connectivity index (χ4v) is 1.43. The summed E-state index contributed by atoms with van der Waals surface area (Å²) >= 11 is 0. The van der Waals surface area contributed by atoms with Crippen LogP contribution in [0.15, 0.2) is 29.2 Å². The van der Waals surface area contributed by atoms with E-state index in [4.69, 9.17) is 0 Å². The molecule has 60 valence electrons. The molecule has 1 nitrogen and oxygen atoms in total. The van der Waals surface area contributed by atoms with Crippen LogP contribution in [-0.4, -0.2) is 16.3 Å². The number of hydrogen-bond acceptors (Lipinski definition) is 1. The monoisotopic (exact) mass is 172 g/mol. The molecule has 1 atom stereocenters. The molecule has 0 aliphatic heterocycles. The summed E-state index contributed by atoms with van der Waals surface area (Å²) in [6, 6.07) is 5.54. The molecule has 0 heterocycles. The molecule has 1 aromatic carbocycles. The summed E-state index contributed by atoms with van der Waals surface area (Å²) in [6.07, 6.45) is 1.53. The minimum absolute atomic E-state index is 0.322. The first-order valence-electron chi connectivity index (χ1n) is 3.08. The quantitative estimate of drug-likeness (QED) is 0.587. The van der Waals surface area contributed by atoms with Crippen LogP contribution in [0.5, 0.6) is 0 Å². The lowest BCUT2D eigenvalue weighted by molar-refractivity contribution is 0.626. The molecule has 0 spiro atoms. The van der Waals surface area contributed by atoms with Crippen molar-refractivity contribution in [2.24, 2.45) is 0 Å². The van der Waals surface area contributed by atoms with Gasteiger partial charge in [-0.1, -0.05) is 0 Å². The predicted molar refractivity (Wildman–Crippen MR) is 45.9 cm³/mol. The average molecular weight is 172 g/mol. The molecular weight excluding hydrogens is 163 g/mol. The van der Waals surface area contributed by atoms with E-state index in [0.717, 1.165) is 0 Å². The van der Waals surface area contributed by atoms with E-state index in [1.165, 1.54) is 30.5 Å². The van der Waals surface area contributed by atoms with Crippen LogP contribution in [0, 0.1) is 5.82 Å². The lowest BCUT2D eigenvalue weighted by atomic mass is 10.4. The normalized spacial score (nSPS) is 15.8. The van der Waals surface area contributed by atoms with E-state index in [0.29, 0.717) is 4.90 Å². The second kappa shape index (κ2) is 2.66. The van der Waals surface area contributed by atoms with Gasteiger partial charge in [-0.15, -0.1) is 0 Å². The highest BCUT2D eigenvalue weighted by atomic mass is 32.2. The highest BCUT2D eigenvalue weighted by Crippen LogP contribution is 2.08. The van der Waals surface area contributed by atoms with Gasteiger partial charge < -0.3 is 0 Å². The van der Waals surface area contributed by atoms with Crippen LogP contribution in [0.25, 0.3) is 0 Å². The maximum absolute atomic E-state index is 12.4. The van der Waals surface area contributed by atoms with Gasteiger partial charge >= 0.3 is 0 Å². The molecule has 1 rings (SSSR count). The predicted octanol–water partition coefficient (Wildman–Crippen LogP) is 1.53. The van der Waals surface area contributed by atoms with E-state index in [1.54, 1.807) is 0 Å². The molecule has 0 radical (unpaired) electrons. The first-order chi connectivity index (χ1) is 5.00. The van der Waals surface area contributed by atoms with Gasteiger partial charge in [0, 0.05) is 11.2 Å². The molecule has 0 amide bonds. The Morgan fingerprint density at radius 2 is 1.82 bits per heavy atom. The van der Waals surface area contributed by atoms with E-state index in [9.17, 15) is 8.60 Å². The Bertz CT molecular complexity index is 337. The van der Waals surface area contributed by atoms with Crippen LogP contribution in [0.2, 0.25) is 0 Å². The largest absolute Gasteiger partial charge is 0.263 e. The SMILES string of the molecule is C=S(C)(=O)c1ccc(F)cc1. The number of rotatable bonds is 1. The molecule has 0 fully saturated rings. The van der Waals surface area contributed by atoms with Crippen molar-refractivity contribution in [3.63, 3.8) is 0 Å². The highest BCUT2D eigenvalue weighted by Gasteiger charge is 1.99. The molecule has 0 aliphatic carbocycles. The van der Waals surface area contributed by atoms with E-state index >= 15 is 0 Å². The third-order valence-corrected chi connectivity index (χ3v) is 2.58. The van der Waals surface area contributed by atoms with Crippen molar-refractivity contribution in [1.29, 1.82) is 0 Å². The highest BCUT2D eigenvalue weighted by molar-refractivity contribution is 7.99. The van der Waals surface area contributed by atoms with Crippen LogP contribution < -0.4 is 0 Å². The molecule has 0 saturated heterocycles. The van der Waals surface area contributed by atoms with Crippen molar-refractivity contribution in [2.75, 3.05) is 6.26 Å². The zero-order chi connectivity index (χ0) is 8.48. The topological polar surface area (TPSA) is 17.1 Å². The van der Waals surface area contributed by atoms with Crippen LogP contribution in [0.4, 0.5) is 4.39 Å². The van der Waals surface area contributed by atoms with Gasteiger partial charge in [0.05, 0.1) is 0 Å². The summed E-state index contributed by atoms with van der Waals surface area (Å²) in [5.74, 6) is 3.15. The maximum atomic E-state index is 12.4. The van der Waals surface area contributed by atoms with E-state index in [1.807, 2.05) is 0 Å². The second-order valence-electron chi connectivity index (χ2n) is 2.46. The zero-order valence-electron chi connectivity index (χ0n) is 6.21. The molecule has 0 N–H and O–H groups in total. The van der Waals surface area contributed by atoms with Gasteiger partial charge in [-0.25, -0.2) is 4.39 Å². The minimum atomic E-state index is -2.19. The molecule has 0 aromatic heterocycles. The summed E-state index contributed by atoms with van der Waals surface area (Å²) in [4.78, 5) is 0.582. The molecule has 0 saturated carbocycles. The third-order valence-electron chi connectivity index (χ3n) is 1.31. The lowest BCUT2D eigenvalue weighted by Crippen LogP contribution is -1.95. The van der Waals surface area contributed by atoms with Crippen molar-refractivity contribution in [3.8, 4) is 0 Å². The molecule has 0 bridgehead atoms. The Morgan fingerprint density at radius 3 is 2.18 bits per heavy atom. The van der Waals surface area contributed by atoms with Crippen molar-refractivity contribution < 1.29 is 8.60 Å². The Kier molecular flexibility index (Phi) is 2.00. The molecule has 0 aliphatic rings. The second-order valence-corrected chi connectivity index (χ2v) is 4.94. The van der Waals surface area contributed by atoms with Crippen LogP contribution in [0.1, 0.15) is 0 Å². The first kappa shape index (κ1) is 8.27. The van der Waals surface area contributed by atoms with Gasteiger partial charge in [-0.2, -0.15) is 0 Å². The average Bonchev–Trinajstić information content (AvgIpc) is 1.86. The standard InChI is InChI=1S/C8H9FOS/c1-11(2,10)8-5-3-7(9)4-6-8/h3-6H,1H2,2H3. The van der Waals surface area contributed by atoms with E-state index in [2.05, 4.69) is 5.87 Å². The van der Waals surface area contributed by atoms with Gasteiger partial charge in [0.1, 0.15) is 5.82 Å². The first-order valence-corrected chi connectivity index (χ1v) is 5.21. The lowest BCUT2D eigenvalue weighted by Gasteiger charge is -2.00. The maximum Gasteiger partial charge on any atom is 0.123 e. The smallest absolute Gasteiger partial charge is 0.123 e. The molecule has 3 heteroatoms. The van der Waals surface area contributed by atoms with Crippen LogP contribution in [0.3, 0.4) is 0 Å². The van der Waals surface area contributed by atoms with Gasteiger partial charge in [0.25, 0.3) is 0 Å². The molecular formula is C8H9FOS. The zero-order valence-corrected chi connectivity index (χ0v) is 7.03. The Balaban J connectivity index is 3.20. The molecule has 1 aromatic rings. The Morgan fingerprint density at radius 1 is 1.36 bits per heavy atom. The van der Waals surface area contributed by atoms with Crippen molar-refractivity contribution in [1.82, 2.24) is 0 Å². The van der Waals surface area contributed by atoms with E-state index in [-0.39, 0.29) is 5.82 Å². The summed E-state index contributed by atoms with van der Waals surface area (Å²) < 4.78 is 23.6. The Labute approximate surface area is 65.9 Å². The fourth-order valence-electron chi connectivity index (χ4n) is 0.722. The van der Waals surface area contributed by atoms with Gasteiger partial charge in [-0.3, -0.25) is 4.21 Å². The summed E-state index contributed by atoms with van der Waals surface area (Å²) in [5.41, 5.74) is 0. The third kappa shape index (κ3) is 2.05. The fraction of sp³-hybridized carbons (Fsp3) is 0.125. The summed E-state index contributed by atoms with van der Waals surface area (Å²) in [5, 5.41) is 0. The van der Waals surface area contributed by atoms with Crippen LogP contribution in [-0.2, 0) is 9.52 Å². The van der Waals surface area contributed by atoms with Crippen molar-refractivity contribution >= 4 is 15.4 Å². The van der Waals surface area contributed by atoms with Gasteiger partial charge in [0.2, 0.25) is 0 Å². The number of halogens is 1. The van der Waals surface area contributed by atoms with Gasteiger partial charge in [-0.05, 0) is 39.7 Å². The number of hydrogen-bond donors (Lipinski definition) is 0. The minimum Gasteiger partial charge on any atom is -0.263 e. The number of benzene rings is 1. The molecule has 11 heavy (non-hydrogen) atoms. The summed E-state index contributed by atoms with van der Waals surface area (Å²) in [6.45, 7) is 0. The Hall–Kier alpha value is -0.830. The molecule has 1 unspecified atom stereocenters. The van der Waals surface area contributed by atoms with Gasteiger partial charge in [0.15, 0.2) is 0 Å². The van der Waals surface area contributed by atoms with Crippen molar-refractivity contribution in [2.45, 2.75) is 4.90 Å². The van der Waals surface area contributed by atoms with E-state index < -0.39 is 9.52 Å². The summed E-state index contributed by atoms with van der Waals surface area (Å²) in [7, 11) is -2.19. The van der Waals surface area contributed by atoms with Crippen molar-refractivity contribution in [3.05, 3.63) is 30.1 Å². The van der Waals surface area contributed by atoms with Crippen LogP contribution >= 0.6 is 0 Å².